The minimum Gasteiger partial charge on any atom is -0.496 e. The van der Waals surface area contributed by atoms with Gasteiger partial charge in [-0.05, 0) is 36.9 Å². The third-order valence-electron chi connectivity index (χ3n) is 6.95. The van der Waals surface area contributed by atoms with E-state index in [0.717, 1.165) is 52.1 Å². The third kappa shape index (κ3) is 4.92. The molecule has 1 saturated heterocycles. The number of carbonyl (C=O) groups excluding carboxylic acids is 2. The number of urea groups is 1. The Morgan fingerprint density at radius 1 is 1.00 bits per heavy atom. The summed E-state index contributed by atoms with van der Waals surface area (Å²) in [7, 11) is 7.10. The SMILES string of the molecule is COc1ccccc1-c1c[nH]c2ncc(-c3ccc(NC(=O)N4CCN(C)CC4)c(C(=O)N(C)C)c3)cc12. The Hall–Kier alpha value is -4.37. The zero-order valence-electron chi connectivity index (χ0n) is 22.1. The summed E-state index contributed by atoms with van der Waals surface area (Å²) in [5.41, 5.74) is 5.30. The molecule has 3 amide bonds. The Bertz CT molecular complexity index is 1490. The van der Waals surface area contributed by atoms with Gasteiger partial charge in [-0.2, -0.15) is 0 Å². The number of anilines is 1. The number of aromatic amines is 1. The molecule has 4 aromatic rings. The number of ether oxygens (including phenoxy) is 1. The van der Waals surface area contributed by atoms with Gasteiger partial charge in [0, 0.05) is 74.7 Å². The first-order valence-corrected chi connectivity index (χ1v) is 12.6. The second-order valence-corrected chi connectivity index (χ2v) is 9.70. The first-order chi connectivity index (χ1) is 18.4. The average Bonchev–Trinajstić information content (AvgIpc) is 3.36. The number of aromatic nitrogens is 2. The van der Waals surface area contributed by atoms with Gasteiger partial charge in [-0.25, -0.2) is 9.78 Å². The number of rotatable bonds is 5. The van der Waals surface area contributed by atoms with Crippen LogP contribution in [0.2, 0.25) is 0 Å². The van der Waals surface area contributed by atoms with Gasteiger partial charge in [0.15, 0.2) is 0 Å². The van der Waals surface area contributed by atoms with Crippen molar-refractivity contribution in [2.24, 2.45) is 0 Å². The summed E-state index contributed by atoms with van der Waals surface area (Å²) in [6.07, 6.45) is 3.71. The largest absolute Gasteiger partial charge is 0.496 e. The summed E-state index contributed by atoms with van der Waals surface area (Å²) >= 11 is 0. The third-order valence-corrected chi connectivity index (χ3v) is 6.95. The van der Waals surface area contributed by atoms with E-state index in [9.17, 15) is 9.59 Å². The number of nitrogens with zero attached hydrogens (tertiary/aromatic N) is 4. The van der Waals surface area contributed by atoms with Gasteiger partial charge < -0.3 is 29.7 Å². The molecule has 5 rings (SSSR count). The number of H-pyrrole nitrogens is 1. The molecule has 0 bridgehead atoms. The van der Waals surface area contributed by atoms with E-state index >= 15 is 0 Å². The molecule has 2 N–H and O–H groups in total. The number of methoxy groups -OCH3 is 1. The molecule has 9 heteroatoms. The minimum atomic E-state index is -0.199. The molecular weight excluding hydrogens is 480 g/mol. The van der Waals surface area contributed by atoms with Crippen LogP contribution in [0.15, 0.2) is 60.9 Å². The fourth-order valence-electron chi connectivity index (χ4n) is 4.71. The van der Waals surface area contributed by atoms with Crippen molar-refractivity contribution in [3.05, 3.63) is 66.5 Å². The molecule has 2 aromatic carbocycles. The quantitative estimate of drug-likeness (QED) is 0.414. The number of para-hydroxylation sites is 1. The second-order valence-electron chi connectivity index (χ2n) is 9.70. The van der Waals surface area contributed by atoms with Crippen LogP contribution in [0.4, 0.5) is 10.5 Å². The van der Waals surface area contributed by atoms with Crippen molar-refractivity contribution < 1.29 is 14.3 Å². The molecule has 9 nitrogen and oxygen atoms in total. The van der Waals surface area contributed by atoms with Crippen molar-refractivity contribution in [1.29, 1.82) is 0 Å². The summed E-state index contributed by atoms with van der Waals surface area (Å²) in [6, 6.07) is 15.2. The summed E-state index contributed by atoms with van der Waals surface area (Å²) in [5, 5.41) is 3.91. The fraction of sp³-hybridized carbons (Fsp3) is 0.276. The Balaban J connectivity index is 1.51. The molecular formula is C29H32N6O3. The van der Waals surface area contributed by atoms with Crippen LogP contribution in [0.25, 0.3) is 33.3 Å². The molecule has 38 heavy (non-hydrogen) atoms. The van der Waals surface area contributed by atoms with E-state index in [-0.39, 0.29) is 11.9 Å². The van der Waals surface area contributed by atoms with Gasteiger partial charge >= 0.3 is 6.03 Å². The van der Waals surface area contributed by atoms with E-state index in [2.05, 4.69) is 26.3 Å². The summed E-state index contributed by atoms with van der Waals surface area (Å²) < 4.78 is 5.57. The Kier molecular flexibility index (Phi) is 7.02. The van der Waals surface area contributed by atoms with Crippen molar-refractivity contribution >= 4 is 28.7 Å². The lowest BCUT2D eigenvalue weighted by molar-refractivity contribution is 0.0828. The number of fused-ring (bicyclic) bond motifs is 1. The van der Waals surface area contributed by atoms with Crippen LogP contribution in [0, 0.1) is 0 Å². The van der Waals surface area contributed by atoms with E-state index in [1.54, 1.807) is 38.4 Å². The van der Waals surface area contributed by atoms with Gasteiger partial charge in [0.05, 0.1) is 18.4 Å². The van der Waals surface area contributed by atoms with Gasteiger partial charge in [-0.3, -0.25) is 4.79 Å². The van der Waals surface area contributed by atoms with Crippen molar-refractivity contribution in [3.8, 4) is 28.0 Å². The zero-order valence-corrected chi connectivity index (χ0v) is 22.1. The molecule has 0 aliphatic carbocycles. The lowest BCUT2D eigenvalue weighted by atomic mass is 9.99. The van der Waals surface area contributed by atoms with Crippen LogP contribution >= 0.6 is 0 Å². The molecule has 0 radical (unpaired) electrons. The predicted molar refractivity (Wildman–Crippen MR) is 150 cm³/mol. The van der Waals surface area contributed by atoms with Gasteiger partial charge in [0.25, 0.3) is 5.91 Å². The van der Waals surface area contributed by atoms with Crippen LogP contribution in [0.3, 0.4) is 0 Å². The number of hydrogen-bond acceptors (Lipinski definition) is 5. The molecule has 3 heterocycles. The highest BCUT2D eigenvalue weighted by molar-refractivity contribution is 6.05. The average molecular weight is 513 g/mol. The predicted octanol–water partition coefficient (Wildman–Crippen LogP) is 4.39. The lowest BCUT2D eigenvalue weighted by Crippen LogP contribution is -2.48. The lowest BCUT2D eigenvalue weighted by Gasteiger charge is -2.32. The fourth-order valence-corrected chi connectivity index (χ4v) is 4.71. The first-order valence-electron chi connectivity index (χ1n) is 12.6. The Morgan fingerprint density at radius 3 is 2.50 bits per heavy atom. The van der Waals surface area contributed by atoms with Crippen molar-refractivity contribution in [2.45, 2.75) is 0 Å². The number of carbonyl (C=O) groups is 2. The van der Waals surface area contributed by atoms with Crippen LogP contribution < -0.4 is 10.1 Å². The maximum Gasteiger partial charge on any atom is 0.321 e. The van der Waals surface area contributed by atoms with Crippen LogP contribution in [-0.2, 0) is 0 Å². The number of pyridine rings is 1. The Labute approximate surface area is 222 Å². The molecule has 0 saturated carbocycles. The minimum absolute atomic E-state index is 0.189. The summed E-state index contributed by atoms with van der Waals surface area (Å²) in [5.74, 6) is 0.587. The van der Waals surface area contributed by atoms with Crippen LogP contribution in [0.5, 0.6) is 5.75 Å². The second kappa shape index (κ2) is 10.5. The normalized spacial score (nSPS) is 13.9. The first kappa shape index (κ1) is 25.3. The number of piperazine rings is 1. The molecule has 2 aromatic heterocycles. The summed E-state index contributed by atoms with van der Waals surface area (Å²) in [4.78, 5) is 39.5. The van der Waals surface area contributed by atoms with Gasteiger partial charge in [0.2, 0.25) is 0 Å². The molecule has 1 aliphatic rings. The van der Waals surface area contributed by atoms with Gasteiger partial charge in [-0.1, -0.05) is 24.3 Å². The highest BCUT2D eigenvalue weighted by Gasteiger charge is 2.22. The van der Waals surface area contributed by atoms with E-state index in [1.807, 2.05) is 49.6 Å². The number of nitrogens with one attached hydrogen (secondary N) is 2. The zero-order chi connectivity index (χ0) is 26.8. The van der Waals surface area contributed by atoms with Gasteiger partial charge in [0.1, 0.15) is 11.4 Å². The standard InChI is InChI=1S/C29H32N6O3/c1-33(2)28(36)23-15-19(9-10-25(23)32-29(37)35-13-11-34(3)12-14-35)20-16-22-24(18-31-27(22)30-17-20)21-7-5-6-8-26(21)38-4/h5-10,15-18H,11-14H2,1-4H3,(H,30,31)(H,32,37). The van der Waals surface area contributed by atoms with E-state index in [4.69, 9.17) is 4.74 Å². The smallest absolute Gasteiger partial charge is 0.321 e. The maximum absolute atomic E-state index is 13.2. The number of benzene rings is 2. The monoisotopic (exact) mass is 512 g/mol. The highest BCUT2D eigenvalue weighted by Crippen LogP contribution is 2.36. The van der Waals surface area contributed by atoms with Crippen molar-refractivity contribution in [3.63, 3.8) is 0 Å². The van der Waals surface area contributed by atoms with Crippen LogP contribution in [-0.4, -0.2) is 91.0 Å². The van der Waals surface area contributed by atoms with Crippen molar-refractivity contribution in [2.75, 3.05) is 59.7 Å². The molecule has 196 valence electrons. The highest BCUT2D eigenvalue weighted by atomic mass is 16.5. The molecule has 1 aliphatic heterocycles. The summed E-state index contributed by atoms with van der Waals surface area (Å²) in [6.45, 7) is 2.94. The number of likely N-dealkylation sites (N-methyl/N-ethyl adjacent to an activating group) is 1. The van der Waals surface area contributed by atoms with Gasteiger partial charge in [-0.15, -0.1) is 0 Å². The number of amides is 3. The molecule has 1 fully saturated rings. The van der Waals surface area contributed by atoms with E-state index < -0.39 is 0 Å². The van der Waals surface area contributed by atoms with Crippen LogP contribution in [0.1, 0.15) is 10.4 Å². The molecule has 0 atom stereocenters. The molecule has 0 spiro atoms. The maximum atomic E-state index is 13.2. The Morgan fingerprint density at radius 2 is 1.76 bits per heavy atom. The molecule has 0 unspecified atom stereocenters. The number of hydrogen-bond donors (Lipinski definition) is 2. The van der Waals surface area contributed by atoms with Crippen molar-refractivity contribution in [1.82, 2.24) is 24.7 Å². The van der Waals surface area contributed by atoms with E-state index in [0.29, 0.717) is 24.3 Å². The van der Waals surface area contributed by atoms with E-state index in [1.165, 1.54) is 4.90 Å². The topological polar surface area (TPSA) is 93.8 Å².